The van der Waals surface area contributed by atoms with Crippen LogP contribution in [0.1, 0.15) is 25.0 Å². The molecule has 6 nitrogen and oxygen atoms in total. The van der Waals surface area contributed by atoms with Gasteiger partial charge < -0.3 is 11.1 Å². The number of hydrogen-bond donors (Lipinski definition) is 3. The number of aryl methyl sites for hydroxylation is 2. The number of nitrogens with zero attached hydrogens (tertiary/aromatic N) is 1. The average molecular weight is 312 g/mol. The summed E-state index contributed by atoms with van der Waals surface area (Å²) in [5.74, 6) is 0.252. The molecule has 1 aromatic rings. The molecule has 0 spiro atoms. The molecule has 0 aromatic heterocycles. The third kappa shape index (κ3) is 6.59. The van der Waals surface area contributed by atoms with Crippen LogP contribution in [-0.2, 0) is 10.0 Å². The summed E-state index contributed by atoms with van der Waals surface area (Å²) in [7, 11) is -3.28. The van der Waals surface area contributed by atoms with Gasteiger partial charge in [-0.15, -0.1) is 0 Å². The first-order valence-electron chi connectivity index (χ1n) is 6.62. The molecule has 0 fully saturated rings. The second-order valence-electron chi connectivity index (χ2n) is 5.88. The Labute approximate surface area is 126 Å². The highest BCUT2D eigenvalue weighted by molar-refractivity contribution is 7.88. The van der Waals surface area contributed by atoms with Gasteiger partial charge in [-0.3, -0.25) is 4.99 Å². The van der Waals surface area contributed by atoms with Crippen molar-refractivity contribution in [1.82, 2.24) is 4.72 Å². The van der Waals surface area contributed by atoms with Gasteiger partial charge in [0.15, 0.2) is 5.96 Å². The lowest BCUT2D eigenvalue weighted by atomic mass is 10.1. The van der Waals surface area contributed by atoms with Crippen LogP contribution in [0.3, 0.4) is 0 Å². The van der Waals surface area contributed by atoms with Crippen LogP contribution < -0.4 is 15.8 Å². The Kier molecular flexibility index (Phi) is 5.36. The number of rotatable bonds is 5. The van der Waals surface area contributed by atoms with Crippen molar-refractivity contribution < 1.29 is 8.42 Å². The zero-order chi connectivity index (χ0) is 16.3. The van der Waals surface area contributed by atoms with E-state index in [1.165, 1.54) is 5.56 Å². The van der Waals surface area contributed by atoms with Crippen LogP contribution in [0.2, 0.25) is 0 Å². The quantitative estimate of drug-likeness (QED) is 0.565. The fourth-order valence-corrected chi connectivity index (χ4v) is 2.89. The molecule has 0 aliphatic carbocycles. The maximum atomic E-state index is 11.2. The minimum Gasteiger partial charge on any atom is -0.370 e. The van der Waals surface area contributed by atoms with Gasteiger partial charge in [0.2, 0.25) is 10.0 Å². The molecule has 0 atom stereocenters. The SMILES string of the molecule is Cc1ccc(NC(N)=NCC(C)(C)NS(C)(=O)=O)cc1C. The van der Waals surface area contributed by atoms with E-state index in [2.05, 4.69) is 15.0 Å². The van der Waals surface area contributed by atoms with Gasteiger partial charge in [0.05, 0.1) is 12.8 Å². The Bertz CT molecular complexity index is 636. The Morgan fingerprint density at radius 2 is 1.90 bits per heavy atom. The third-order valence-electron chi connectivity index (χ3n) is 2.89. The number of nitrogens with one attached hydrogen (secondary N) is 2. The molecule has 21 heavy (non-hydrogen) atoms. The van der Waals surface area contributed by atoms with Crippen LogP contribution in [0.15, 0.2) is 23.2 Å². The Morgan fingerprint density at radius 3 is 2.43 bits per heavy atom. The molecule has 0 heterocycles. The molecule has 0 aliphatic rings. The van der Waals surface area contributed by atoms with Crippen LogP contribution >= 0.6 is 0 Å². The molecule has 1 rings (SSSR count). The van der Waals surface area contributed by atoms with Gasteiger partial charge >= 0.3 is 0 Å². The lowest BCUT2D eigenvalue weighted by Crippen LogP contribution is -2.45. The first kappa shape index (κ1) is 17.5. The van der Waals surface area contributed by atoms with E-state index in [-0.39, 0.29) is 12.5 Å². The van der Waals surface area contributed by atoms with E-state index in [0.29, 0.717) is 0 Å². The summed E-state index contributed by atoms with van der Waals surface area (Å²) in [6.07, 6.45) is 1.12. The van der Waals surface area contributed by atoms with Crippen molar-refractivity contribution in [3.05, 3.63) is 29.3 Å². The predicted octanol–water partition coefficient (Wildman–Crippen LogP) is 1.36. The summed E-state index contributed by atoms with van der Waals surface area (Å²) < 4.78 is 25.0. The summed E-state index contributed by atoms with van der Waals surface area (Å²) in [6, 6.07) is 5.91. The highest BCUT2D eigenvalue weighted by Gasteiger charge is 2.21. The van der Waals surface area contributed by atoms with Gasteiger partial charge in [-0.25, -0.2) is 13.1 Å². The number of hydrogen-bond acceptors (Lipinski definition) is 3. The summed E-state index contributed by atoms with van der Waals surface area (Å²) in [4.78, 5) is 4.18. The molecular formula is C14H24N4O2S. The van der Waals surface area contributed by atoms with E-state index in [0.717, 1.165) is 17.5 Å². The third-order valence-corrected chi connectivity index (χ3v) is 3.81. The first-order valence-corrected chi connectivity index (χ1v) is 8.51. The van der Waals surface area contributed by atoms with Gasteiger partial charge in [0.1, 0.15) is 0 Å². The fourth-order valence-electron chi connectivity index (χ4n) is 1.82. The molecule has 118 valence electrons. The van der Waals surface area contributed by atoms with E-state index in [1.54, 1.807) is 13.8 Å². The van der Waals surface area contributed by atoms with E-state index in [9.17, 15) is 8.42 Å². The molecule has 0 aliphatic heterocycles. The highest BCUT2D eigenvalue weighted by Crippen LogP contribution is 2.14. The van der Waals surface area contributed by atoms with Crippen molar-refractivity contribution in [2.45, 2.75) is 33.2 Å². The van der Waals surface area contributed by atoms with E-state index in [4.69, 9.17) is 5.73 Å². The standard InChI is InChI=1S/C14H24N4O2S/c1-10-6-7-12(8-11(10)2)17-13(15)16-9-14(3,4)18-21(5,19)20/h6-8,18H,9H2,1-5H3,(H3,15,16,17). The van der Waals surface area contributed by atoms with Gasteiger partial charge in [-0.1, -0.05) is 6.07 Å². The van der Waals surface area contributed by atoms with E-state index in [1.807, 2.05) is 32.0 Å². The summed E-state index contributed by atoms with van der Waals surface area (Å²) in [6.45, 7) is 7.80. The van der Waals surface area contributed by atoms with Gasteiger partial charge in [0.25, 0.3) is 0 Å². The largest absolute Gasteiger partial charge is 0.370 e. The Balaban J connectivity index is 2.70. The molecule has 0 bridgehead atoms. The first-order chi connectivity index (χ1) is 9.48. The molecule has 1 aromatic carbocycles. The van der Waals surface area contributed by atoms with Crippen molar-refractivity contribution in [3.8, 4) is 0 Å². The maximum Gasteiger partial charge on any atom is 0.209 e. The van der Waals surface area contributed by atoms with Crippen LogP contribution in [0, 0.1) is 13.8 Å². The zero-order valence-corrected chi connectivity index (χ0v) is 14.0. The molecule has 0 saturated heterocycles. The number of benzene rings is 1. The predicted molar refractivity (Wildman–Crippen MR) is 88.1 cm³/mol. The zero-order valence-electron chi connectivity index (χ0n) is 13.2. The summed E-state index contributed by atoms with van der Waals surface area (Å²) in [5, 5.41) is 3.00. The maximum absolute atomic E-state index is 11.2. The Morgan fingerprint density at radius 1 is 1.29 bits per heavy atom. The second-order valence-corrected chi connectivity index (χ2v) is 7.63. The lowest BCUT2D eigenvalue weighted by Gasteiger charge is -2.22. The minimum absolute atomic E-state index is 0.240. The van der Waals surface area contributed by atoms with Crippen LogP contribution in [0.5, 0.6) is 0 Å². The number of nitrogens with two attached hydrogens (primary N) is 1. The number of sulfonamides is 1. The summed E-state index contributed by atoms with van der Waals surface area (Å²) >= 11 is 0. The summed E-state index contributed by atoms with van der Waals surface area (Å²) in [5.41, 5.74) is 8.35. The van der Waals surface area contributed by atoms with Crippen molar-refractivity contribution in [2.75, 3.05) is 18.1 Å². The molecule has 0 saturated carbocycles. The number of aliphatic imine (C=N–C) groups is 1. The van der Waals surface area contributed by atoms with Gasteiger partial charge in [-0.2, -0.15) is 0 Å². The second kappa shape index (κ2) is 6.44. The molecule has 0 unspecified atom stereocenters. The van der Waals surface area contributed by atoms with E-state index >= 15 is 0 Å². The van der Waals surface area contributed by atoms with Crippen molar-refractivity contribution >= 4 is 21.7 Å². The monoisotopic (exact) mass is 312 g/mol. The van der Waals surface area contributed by atoms with Gasteiger partial charge in [-0.05, 0) is 51.0 Å². The molecule has 4 N–H and O–H groups in total. The molecule has 7 heteroatoms. The minimum atomic E-state index is -3.28. The van der Waals surface area contributed by atoms with Crippen molar-refractivity contribution in [2.24, 2.45) is 10.7 Å². The van der Waals surface area contributed by atoms with E-state index < -0.39 is 15.6 Å². The van der Waals surface area contributed by atoms with Crippen LogP contribution in [0.25, 0.3) is 0 Å². The van der Waals surface area contributed by atoms with Gasteiger partial charge in [0, 0.05) is 11.2 Å². The number of guanidine groups is 1. The van der Waals surface area contributed by atoms with Crippen molar-refractivity contribution in [3.63, 3.8) is 0 Å². The molecular weight excluding hydrogens is 288 g/mol. The fraction of sp³-hybridized carbons (Fsp3) is 0.500. The lowest BCUT2D eigenvalue weighted by molar-refractivity contribution is 0.466. The normalized spacial score (nSPS) is 13.3. The highest BCUT2D eigenvalue weighted by atomic mass is 32.2. The molecule has 0 amide bonds. The topological polar surface area (TPSA) is 96.6 Å². The van der Waals surface area contributed by atoms with Crippen LogP contribution in [-0.4, -0.2) is 32.7 Å². The van der Waals surface area contributed by atoms with Crippen LogP contribution in [0.4, 0.5) is 5.69 Å². The smallest absolute Gasteiger partial charge is 0.209 e. The molecule has 0 radical (unpaired) electrons. The average Bonchev–Trinajstić information content (AvgIpc) is 2.29. The number of anilines is 1. The van der Waals surface area contributed by atoms with Crippen molar-refractivity contribution in [1.29, 1.82) is 0 Å². The Hall–Kier alpha value is -1.60.